The number of carbonyl (C=O) groups is 2. The monoisotopic (exact) mass is 296 g/mol. The Bertz CT molecular complexity index is 572. The van der Waals surface area contributed by atoms with E-state index in [1.807, 2.05) is 0 Å². The topological polar surface area (TPSA) is 40.6 Å². The third-order valence-electron chi connectivity index (χ3n) is 3.98. The van der Waals surface area contributed by atoms with E-state index in [2.05, 4.69) is 0 Å². The number of anilines is 1. The van der Waals surface area contributed by atoms with Crippen LogP contribution >= 0.6 is 11.6 Å². The van der Waals surface area contributed by atoms with Crippen molar-refractivity contribution in [1.82, 2.24) is 4.90 Å². The van der Waals surface area contributed by atoms with E-state index >= 15 is 0 Å². The lowest BCUT2D eigenvalue weighted by Crippen LogP contribution is -2.62. The second-order valence-electron chi connectivity index (χ2n) is 5.14. The molecule has 106 valence electrons. The Labute approximate surface area is 121 Å². The van der Waals surface area contributed by atoms with Gasteiger partial charge in [0.15, 0.2) is 0 Å². The molecule has 4 nitrogen and oxygen atoms in total. The zero-order chi connectivity index (χ0) is 14.4. The van der Waals surface area contributed by atoms with E-state index in [-0.39, 0.29) is 22.5 Å². The summed E-state index contributed by atoms with van der Waals surface area (Å²) in [6.07, 6.45) is 1.42. The molecule has 0 aromatic heterocycles. The van der Waals surface area contributed by atoms with Crippen LogP contribution in [0.4, 0.5) is 10.1 Å². The van der Waals surface area contributed by atoms with Crippen LogP contribution in [0.3, 0.4) is 0 Å². The van der Waals surface area contributed by atoms with Gasteiger partial charge in [-0.1, -0.05) is 17.7 Å². The summed E-state index contributed by atoms with van der Waals surface area (Å²) in [4.78, 5) is 27.7. The predicted molar refractivity (Wildman–Crippen MR) is 73.1 cm³/mol. The molecular formula is C14H14ClFN2O2. The smallest absolute Gasteiger partial charge is 0.250 e. The lowest BCUT2D eigenvalue weighted by atomic mass is 10.0. The molecule has 2 saturated heterocycles. The molecule has 2 unspecified atom stereocenters. The summed E-state index contributed by atoms with van der Waals surface area (Å²) >= 11 is 6.03. The van der Waals surface area contributed by atoms with Crippen molar-refractivity contribution in [2.75, 3.05) is 11.4 Å². The minimum Gasteiger partial charge on any atom is -0.329 e. The molecule has 0 N–H and O–H groups in total. The SMILES string of the molecule is CC1C(=O)N2CCCC2C(=O)N1c1c(F)cccc1Cl. The molecule has 2 amide bonds. The molecular weight excluding hydrogens is 283 g/mol. The molecule has 0 radical (unpaired) electrons. The van der Waals surface area contributed by atoms with E-state index in [9.17, 15) is 14.0 Å². The Balaban J connectivity index is 2.08. The number of amides is 2. The summed E-state index contributed by atoms with van der Waals surface area (Å²) < 4.78 is 14.0. The third-order valence-corrected chi connectivity index (χ3v) is 4.29. The van der Waals surface area contributed by atoms with Crippen LogP contribution in [-0.2, 0) is 9.59 Å². The van der Waals surface area contributed by atoms with Gasteiger partial charge in [0.25, 0.3) is 5.91 Å². The molecule has 1 aromatic carbocycles. The fourth-order valence-electron chi connectivity index (χ4n) is 3.01. The van der Waals surface area contributed by atoms with E-state index in [4.69, 9.17) is 11.6 Å². The van der Waals surface area contributed by atoms with Crippen LogP contribution in [0, 0.1) is 5.82 Å². The first kappa shape index (κ1) is 13.4. The van der Waals surface area contributed by atoms with Crippen molar-refractivity contribution >= 4 is 29.1 Å². The molecule has 6 heteroatoms. The van der Waals surface area contributed by atoms with Crippen LogP contribution < -0.4 is 4.90 Å². The van der Waals surface area contributed by atoms with Crippen LogP contribution in [0.15, 0.2) is 18.2 Å². The van der Waals surface area contributed by atoms with Crippen molar-refractivity contribution in [2.45, 2.75) is 31.8 Å². The van der Waals surface area contributed by atoms with Crippen molar-refractivity contribution in [3.8, 4) is 0 Å². The van der Waals surface area contributed by atoms with Gasteiger partial charge in [-0.25, -0.2) is 4.39 Å². The third kappa shape index (κ3) is 1.80. The first-order chi connectivity index (χ1) is 9.52. The van der Waals surface area contributed by atoms with Crippen molar-refractivity contribution < 1.29 is 14.0 Å². The number of hydrogen-bond acceptors (Lipinski definition) is 2. The molecule has 2 fully saturated rings. The highest BCUT2D eigenvalue weighted by Crippen LogP contribution is 2.35. The number of piperazine rings is 1. The van der Waals surface area contributed by atoms with E-state index in [0.29, 0.717) is 13.0 Å². The molecule has 2 aliphatic heterocycles. The Morgan fingerprint density at radius 1 is 1.30 bits per heavy atom. The molecule has 2 aliphatic rings. The summed E-state index contributed by atoms with van der Waals surface area (Å²) in [5, 5.41) is 0.143. The van der Waals surface area contributed by atoms with Crippen molar-refractivity contribution in [3.63, 3.8) is 0 Å². The minimum absolute atomic E-state index is 0.00608. The van der Waals surface area contributed by atoms with E-state index in [0.717, 1.165) is 6.42 Å². The fourth-order valence-corrected chi connectivity index (χ4v) is 3.27. The second kappa shape index (κ2) is 4.74. The maximum Gasteiger partial charge on any atom is 0.250 e. The molecule has 20 heavy (non-hydrogen) atoms. The van der Waals surface area contributed by atoms with Gasteiger partial charge in [-0.15, -0.1) is 0 Å². The summed E-state index contributed by atoms with van der Waals surface area (Å²) in [5.74, 6) is -0.982. The maximum atomic E-state index is 14.0. The number of hydrogen-bond donors (Lipinski definition) is 0. The molecule has 1 aromatic rings. The highest BCUT2D eigenvalue weighted by Gasteiger charge is 2.47. The summed E-state index contributed by atoms with van der Waals surface area (Å²) in [6.45, 7) is 2.20. The van der Waals surface area contributed by atoms with Crippen molar-refractivity contribution in [3.05, 3.63) is 29.0 Å². The number of halogens is 2. The van der Waals surface area contributed by atoms with Gasteiger partial charge in [0.1, 0.15) is 17.9 Å². The van der Waals surface area contributed by atoms with Crippen LogP contribution in [0.2, 0.25) is 5.02 Å². The second-order valence-corrected chi connectivity index (χ2v) is 5.55. The van der Waals surface area contributed by atoms with Gasteiger partial charge in [0.2, 0.25) is 5.91 Å². The van der Waals surface area contributed by atoms with Gasteiger partial charge in [-0.05, 0) is 31.9 Å². The van der Waals surface area contributed by atoms with Gasteiger partial charge in [0.05, 0.1) is 10.7 Å². The first-order valence-electron chi connectivity index (χ1n) is 6.60. The molecule has 0 bridgehead atoms. The maximum absolute atomic E-state index is 14.0. The van der Waals surface area contributed by atoms with Gasteiger partial charge in [-0.3, -0.25) is 14.5 Å². The zero-order valence-electron chi connectivity index (χ0n) is 11.0. The number of carbonyl (C=O) groups excluding carboxylic acids is 2. The lowest BCUT2D eigenvalue weighted by molar-refractivity contribution is -0.143. The Morgan fingerprint density at radius 2 is 2.05 bits per heavy atom. The molecule has 0 saturated carbocycles. The predicted octanol–water partition coefficient (Wildman–Crippen LogP) is 2.21. The minimum atomic E-state index is -0.730. The Hall–Kier alpha value is -1.62. The first-order valence-corrected chi connectivity index (χ1v) is 6.97. The summed E-state index contributed by atoms with van der Waals surface area (Å²) in [5.41, 5.74) is 0.00608. The summed E-state index contributed by atoms with van der Waals surface area (Å²) in [6, 6.07) is 3.03. The van der Waals surface area contributed by atoms with Crippen LogP contribution in [-0.4, -0.2) is 35.3 Å². The number of fused-ring (bicyclic) bond motifs is 1. The lowest BCUT2D eigenvalue weighted by Gasteiger charge is -2.41. The van der Waals surface area contributed by atoms with Crippen molar-refractivity contribution in [2.24, 2.45) is 0 Å². The Kier molecular flexibility index (Phi) is 3.17. The summed E-state index contributed by atoms with van der Waals surface area (Å²) in [7, 11) is 0. The normalized spacial score (nSPS) is 26.1. The highest BCUT2D eigenvalue weighted by atomic mass is 35.5. The molecule has 3 rings (SSSR count). The largest absolute Gasteiger partial charge is 0.329 e. The molecule has 0 spiro atoms. The molecule has 2 atom stereocenters. The van der Waals surface area contributed by atoms with Gasteiger partial charge >= 0.3 is 0 Å². The quantitative estimate of drug-likeness (QED) is 0.797. The average molecular weight is 297 g/mol. The average Bonchev–Trinajstić information content (AvgIpc) is 2.89. The number of nitrogens with zero attached hydrogens (tertiary/aromatic N) is 2. The molecule has 0 aliphatic carbocycles. The molecule has 2 heterocycles. The van der Waals surface area contributed by atoms with E-state index in [1.165, 1.54) is 23.1 Å². The van der Waals surface area contributed by atoms with Crippen LogP contribution in [0.25, 0.3) is 0 Å². The fraction of sp³-hybridized carbons (Fsp3) is 0.429. The number of benzene rings is 1. The van der Waals surface area contributed by atoms with Crippen LogP contribution in [0.1, 0.15) is 19.8 Å². The highest BCUT2D eigenvalue weighted by molar-refractivity contribution is 6.34. The van der Waals surface area contributed by atoms with Crippen LogP contribution in [0.5, 0.6) is 0 Å². The van der Waals surface area contributed by atoms with E-state index < -0.39 is 17.9 Å². The number of rotatable bonds is 1. The Morgan fingerprint density at radius 3 is 2.75 bits per heavy atom. The zero-order valence-corrected chi connectivity index (χ0v) is 11.7. The van der Waals surface area contributed by atoms with Crippen molar-refractivity contribution in [1.29, 1.82) is 0 Å². The standard InChI is InChI=1S/C14H14ClFN2O2/c1-8-13(19)17-7-3-6-11(17)14(20)18(8)12-9(15)4-2-5-10(12)16/h2,4-5,8,11H,3,6-7H2,1H3. The van der Waals surface area contributed by atoms with Gasteiger partial charge in [-0.2, -0.15) is 0 Å². The van der Waals surface area contributed by atoms with Gasteiger partial charge < -0.3 is 4.90 Å². The van der Waals surface area contributed by atoms with Gasteiger partial charge in [0, 0.05) is 6.54 Å². The van der Waals surface area contributed by atoms with E-state index in [1.54, 1.807) is 11.8 Å². The number of para-hydroxylation sites is 1.